The van der Waals surface area contributed by atoms with Crippen molar-refractivity contribution in [3.63, 3.8) is 0 Å². The zero-order chi connectivity index (χ0) is 22.0. The van der Waals surface area contributed by atoms with Gasteiger partial charge in [0.05, 0.1) is 5.41 Å². The van der Waals surface area contributed by atoms with E-state index in [4.69, 9.17) is 10.5 Å². The first kappa shape index (κ1) is 20.1. The average Bonchev–Trinajstić information content (AvgIpc) is 2.85. The largest absolute Gasteiger partial charge is 0.381 e. The molecule has 1 aliphatic rings. The maximum Gasteiger partial charge on any atom is 0.235 e. The van der Waals surface area contributed by atoms with E-state index in [1.807, 2.05) is 54.7 Å². The van der Waals surface area contributed by atoms with E-state index in [9.17, 15) is 4.79 Å². The van der Waals surface area contributed by atoms with Crippen LogP contribution in [-0.2, 0) is 14.9 Å². The Labute approximate surface area is 185 Å². The van der Waals surface area contributed by atoms with Gasteiger partial charge in [0.25, 0.3) is 0 Å². The molecule has 5 rings (SSSR count). The van der Waals surface area contributed by atoms with Gasteiger partial charge in [0.1, 0.15) is 0 Å². The number of rotatable bonds is 4. The number of nitrogens with zero attached hydrogens (tertiary/aromatic N) is 3. The zero-order valence-electron chi connectivity index (χ0n) is 17.5. The first-order valence-corrected chi connectivity index (χ1v) is 10.6. The Morgan fingerprint density at radius 3 is 2.41 bits per heavy atom. The number of anilines is 2. The van der Waals surface area contributed by atoms with Gasteiger partial charge in [0.15, 0.2) is 0 Å². The Balaban J connectivity index is 1.44. The molecule has 160 valence electrons. The van der Waals surface area contributed by atoms with Crippen molar-refractivity contribution in [3.05, 3.63) is 78.9 Å². The summed E-state index contributed by atoms with van der Waals surface area (Å²) >= 11 is 0. The van der Waals surface area contributed by atoms with E-state index in [-0.39, 0.29) is 11.9 Å². The topological polar surface area (TPSA) is 103 Å². The SMILES string of the molecule is Nc1ncc(-c2ccc(C3(C(=O)Nc4ccc5cnccc5c4)CCOCC3)cc2)cn1. The fourth-order valence-corrected chi connectivity index (χ4v) is 4.25. The molecule has 4 aromatic rings. The Morgan fingerprint density at radius 2 is 1.66 bits per heavy atom. The maximum absolute atomic E-state index is 13.6. The summed E-state index contributed by atoms with van der Waals surface area (Å²) in [6.45, 7) is 1.09. The van der Waals surface area contributed by atoms with Crippen molar-refractivity contribution in [2.24, 2.45) is 0 Å². The Hall–Kier alpha value is -3.84. The molecule has 1 aliphatic heterocycles. The minimum Gasteiger partial charge on any atom is -0.381 e. The minimum atomic E-state index is -0.651. The predicted molar refractivity (Wildman–Crippen MR) is 124 cm³/mol. The van der Waals surface area contributed by atoms with Crippen molar-refractivity contribution in [2.45, 2.75) is 18.3 Å². The molecule has 0 bridgehead atoms. The molecule has 3 N–H and O–H groups in total. The van der Waals surface area contributed by atoms with Gasteiger partial charge < -0.3 is 15.8 Å². The number of fused-ring (bicyclic) bond motifs is 1. The Bertz CT molecular complexity index is 1250. The molecule has 0 aliphatic carbocycles. The second-order valence-electron chi connectivity index (χ2n) is 7.99. The molecule has 3 heterocycles. The summed E-state index contributed by atoms with van der Waals surface area (Å²) in [4.78, 5) is 25.9. The third-order valence-corrected chi connectivity index (χ3v) is 6.12. The van der Waals surface area contributed by atoms with E-state index < -0.39 is 5.41 Å². The molecule has 0 unspecified atom stereocenters. The van der Waals surface area contributed by atoms with Crippen molar-refractivity contribution in [3.8, 4) is 11.1 Å². The fourth-order valence-electron chi connectivity index (χ4n) is 4.25. The van der Waals surface area contributed by atoms with E-state index in [0.717, 1.165) is 33.2 Å². The highest BCUT2D eigenvalue weighted by Crippen LogP contribution is 2.37. The van der Waals surface area contributed by atoms with Crippen LogP contribution < -0.4 is 11.1 Å². The molecule has 1 saturated heterocycles. The lowest BCUT2D eigenvalue weighted by Gasteiger charge is -2.36. The summed E-state index contributed by atoms with van der Waals surface area (Å²) in [7, 11) is 0. The number of carbonyl (C=O) groups excluding carboxylic acids is 1. The van der Waals surface area contributed by atoms with Crippen LogP contribution in [0, 0.1) is 0 Å². The highest BCUT2D eigenvalue weighted by Gasteiger charge is 2.41. The average molecular weight is 425 g/mol. The van der Waals surface area contributed by atoms with Crippen LogP contribution in [-0.4, -0.2) is 34.1 Å². The number of nitrogens with two attached hydrogens (primary N) is 1. The summed E-state index contributed by atoms with van der Waals surface area (Å²) in [6, 6.07) is 15.8. The van der Waals surface area contributed by atoms with Crippen LogP contribution in [0.3, 0.4) is 0 Å². The summed E-state index contributed by atoms with van der Waals surface area (Å²) in [5, 5.41) is 5.22. The van der Waals surface area contributed by atoms with E-state index in [1.165, 1.54) is 0 Å². The van der Waals surface area contributed by atoms with E-state index >= 15 is 0 Å². The molecule has 7 nitrogen and oxygen atoms in total. The molecule has 0 radical (unpaired) electrons. The number of hydrogen-bond acceptors (Lipinski definition) is 6. The summed E-state index contributed by atoms with van der Waals surface area (Å²) in [6.07, 6.45) is 8.21. The monoisotopic (exact) mass is 425 g/mol. The van der Waals surface area contributed by atoms with Crippen molar-refractivity contribution in [2.75, 3.05) is 24.3 Å². The van der Waals surface area contributed by atoms with Crippen molar-refractivity contribution in [1.82, 2.24) is 15.0 Å². The molecule has 1 amide bonds. The number of pyridine rings is 1. The van der Waals surface area contributed by atoms with Gasteiger partial charge in [0, 0.05) is 54.6 Å². The fraction of sp³-hybridized carbons (Fsp3) is 0.200. The van der Waals surface area contributed by atoms with Crippen molar-refractivity contribution >= 4 is 28.3 Å². The van der Waals surface area contributed by atoms with Crippen LogP contribution in [0.4, 0.5) is 11.6 Å². The smallest absolute Gasteiger partial charge is 0.235 e. The zero-order valence-corrected chi connectivity index (χ0v) is 17.5. The molecule has 7 heteroatoms. The van der Waals surface area contributed by atoms with Crippen LogP contribution >= 0.6 is 0 Å². The summed E-state index contributed by atoms with van der Waals surface area (Å²) < 4.78 is 5.59. The first-order chi connectivity index (χ1) is 15.6. The summed E-state index contributed by atoms with van der Waals surface area (Å²) in [5.41, 5.74) is 8.54. The van der Waals surface area contributed by atoms with Gasteiger partial charge >= 0.3 is 0 Å². The van der Waals surface area contributed by atoms with Gasteiger partial charge in [-0.3, -0.25) is 9.78 Å². The van der Waals surface area contributed by atoms with Gasteiger partial charge in [-0.05, 0) is 47.6 Å². The molecular weight excluding hydrogens is 402 g/mol. The highest BCUT2D eigenvalue weighted by molar-refractivity contribution is 6.00. The van der Waals surface area contributed by atoms with E-state index in [2.05, 4.69) is 20.3 Å². The molecule has 0 spiro atoms. The lowest BCUT2D eigenvalue weighted by Crippen LogP contribution is -2.44. The van der Waals surface area contributed by atoms with Gasteiger partial charge in [-0.2, -0.15) is 0 Å². The lowest BCUT2D eigenvalue weighted by atomic mass is 9.73. The molecule has 2 aromatic carbocycles. The molecule has 1 fully saturated rings. The lowest BCUT2D eigenvalue weighted by molar-refractivity contribution is -0.125. The van der Waals surface area contributed by atoms with Gasteiger partial charge in [0.2, 0.25) is 11.9 Å². The summed E-state index contributed by atoms with van der Waals surface area (Å²) in [5.74, 6) is 0.228. The third kappa shape index (κ3) is 3.78. The molecule has 0 atom stereocenters. The number of hydrogen-bond donors (Lipinski definition) is 2. The van der Waals surface area contributed by atoms with Gasteiger partial charge in [-0.1, -0.05) is 30.3 Å². The highest BCUT2D eigenvalue weighted by atomic mass is 16.5. The first-order valence-electron chi connectivity index (χ1n) is 10.6. The molecule has 2 aromatic heterocycles. The number of carbonyl (C=O) groups is 1. The van der Waals surface area contributed by atoms with Crippen molar-refractivity contribution < 1.29 is 9.53 Å². The molecule has 32 heavy (non-hydrogen) atoms. The molecular formula is C25H23N5O2. The van der Waals surface area contributed by atoms with E-state index in [0.29, 0.717) is 26.1 Å². The Morgan fingerprint density at radius 1 is 0.906 bits per heavy atom. The van der Waals surface area contributed by atoms with Crippen LogP contribution in [0.15, 0.2) is 73.3 Å². The van der Waals surface area contributed by atoms with Crippen molar-refractivity contribution in [1.29, 1.82) is 0 Å². The second-order valence-corrected chi connectivity index (χ2v) is 7.99. The Kier molecular flexibility index (Phi) is 5.25. The minimum absolute atomic E-state index is 0.0159. The number of nitrogen functional groups attached to an aromatic ring is 1. The second kappa shape index (κ2) is 8.36. The van der Waals surface area contributed by atoms with Crippen LogP contribution in [0.25, 0.3) is 21.9 Å². The van der Waals surface area contributed by atoms with Gasteiger partial charge in [-0.25, -0.2) is 9.97 Å². The van der Waals surface area contributed by atoms with Crippen LogP contribution in [0.5, 0.6) is 0 Å². The predicted octanol–water partition coefficient (Wildman–Crippen LogP) is 3.96. The molecule has 0 saturated carbocycles. The van der Waals surface area contributed by atoms with Gasteiger partial charge in [-0.15, -0.1) is 0 Å². The maximum atomic E-state index is 13.6. The quantitative estimate of drug-likeness (QED) is 0.513. The standard InChI is InChI=1S/C25H23N5O2/c26-24-28-15-20(16-29-24)17-1-4-21(5-2-17)25(8-11-32-12-9-25)23(31)30-22-6-3-19-14-27-10-7-18(19)13-22/h1-7,10,13-16H,8-9,11-12H2,(H,30,31)(H2,26,28,29). The van der Waals surface area contributed by atoms with Crippen LogP contribution in [0.1, 0.15) is 18.4 Å². The number of aromatic nitrogens is 3. The number of nitrogens with one attached hydrogen (secondary N) is 1. The van der Waals surface area contributed by atoms with Crippen LogP contribution in [0.2, 0.25) is 0 Å². The normalized spacial score (nSPS) is 15.4. The number of amides is 1. The third-order valence-electron chi connectivity index (χ3n) is 6.12. The number of benzene rings is 2. The van der Waals surface area contributed by atoms with E-state index in [1.54, 1.807) is 18.6 Å². The number of ether oxygens (including phenoxy) is 1.